The molecule has 1 aromatic rings. The minimum atomic E-state index is -0.212. The summed E-state index contributed by atoms with van der Waals surface area (Å²) in [6.07, 6.45) is 1.71. The van der Waals surface area contributed by atoms with Gasteiger partial charge >= 0.3 is 0 Å². The zero-order valence-corrected chi connectivity index (χ0v) is 7.84. The van der Waals surface area contributed by atoms with Crippen molar-refractivity contribution in [2.24, 2.45) is 0 Å². The quantitative estimate of drug-likeness (QED) is 0.694. The van der Waals surface area contributed by atoms with Gasteiger partial charge in [-0.2, -0.15) is 0 Å². The summed E-state index contributed by atoms with van der Waals surface area (Å²) < 4.78 is 0. The van der Waals surface area contributed by atoms with Crippen LogP contribution in [-0.4, -0.2) is 11.8 Å². The molecule has 13 heavy (non-hydrogen) atoms. The monoisotopic (exact) mass is 195 g/mol. The minimum Gasteiger partial charge on any atom is -0.292 e. The van der Waals surface area contributed by atoms with Crippen LogP contribution in [0.2, 0.25) is 0 Å². The summed E-state index contributed by atoms with van der Waals surface area (Å²) in [6.45, 7) is 0. The van der Waals surface area contributed by atoms with Gasteiger partial charge in [0.1, 0.15) is 0 Å². The number of benzene rings is 1. The number of carbonyl (C=O) groups excluding carboxylic acids is 1. The zero-order valence-electron chi connectivity index (χ0n) is 7.09. The van der Waals surface area contributed by atoms with Gasteiger partial charge in [-0.3, -0.25) is 4.79 Å². The number of ketones is 1. The molecule has 1 aliphatic carbocycles. The lowest BCUT2D eigenvalue weighted by Crippen LogP contribution is -2.35. The molecule has 2 rings (SSSR count). The Kier molecular flexibility index (Phi) is 2.34. The maximum absolute atomic E-state index is 11.7. The van der Waals surface area contributed by atoms with E-state index in [1.165, 1.54) is 0 Å². The SMILES string of the molecule is O=C1c2ccccc2CCC1NCl. The Hall–Kier alpha value is -0.860. The van der Waals surface area contributed by atoms with Gasteiger partial charge in [0.25, 0.3) is 0 Å². The largest absolute Gasteiger partial charge is 0.292 e. The highest BCUT2D eigenvalue weighted by molar-refractivity contribution is 6.16. The lowest BCUT2D eigenvalue weighted by molar-refractivity contribution is 0.0941. The summed E-state index contributed by atoms with van der Waals surface area (Å²) in [7, 11) is 0. The molecule has 0 bridgehead atoms. The molecule has 0 aromatic heterocycles. The van der Waals surface area contributed by atoms with Crippen molar-refractivity contribution in [3.8, 4) is 0 Å². The molecule has 0 heterocycles. The Morgan fingerprint density at radius 1 is 1.38 bits per heavy atom. The number of Topliss-reactive ketones (excluding diaryl/α,β-unsaturated/α-hetero) is 1. The van der Waals surface area contributed by atoms with Gasteiger partial charge in [0, 0.05) is 5.56 Å². The predicted octanol–water partition coefficient (Wildman–Crippen LogP) is 1.93. The average Bonchev–Trinajstić information content (AvgIpc) is 2.19. The van der Waals surface area contributed by atoms with Crippen molar-refractivity contribution in [2.75, 3.05) is 0 Å². The molecule has 0 aliphatic heterocycles. The molecule has 0 fully saturated rings. The summed E-state index contributed by atoms with van der Waals surface area (Å²) in [5.41, 5.74) is 1.95. The Morgan fingerprint density at radius 2 is 2.15 bits per heavy atom. The number of hydrogen-bond acceptors (Lipinski definition) is 2. The number of hydrogen-bond donors (Lipinski definition) is 1. The van der Waals surface area contributed by atoms with Crippen LogP contribution in [0.4, 0.5) is 0 Å². The van der Waals surface area contributed by atoms with Crippen LogP contribution >= 0.6 is 11.8 Å². The van der Waals surface area contributed by atoms with Crippen molar-refractivity contribution in [2.45, 2.75) is 18.9 Å². The van der Waals surface area contributed by atoms with E-state index in [9.17, 15) is 4.79 Å². The van der Waals surface area contributed by atoms with E-state index in [0.29, 0.717) is 0 Å². The first-order valence-corrected chi connectivity index (χ1v) is 4.69. The van der Waals surface area contributed by atoms with Crippen molar-refractivity contribution in [3.63, 3.8) is 0 Å². The minimum absolute atomic E-state index is 0.108. The molecule has 0 radical (unpaired) electrons. The predicted molar refractivity (Wildman–Crippen MR) is 51.9 cm³/mol. The normalized spacial score (nSPS) is 21.3. The van der Waals surface area contributed by atoms with E-state index in [1.54, 1.807) is 0 Å². The van der Waals surface area contributed by atoms with Crippen molar-refractivity contribution in [1.82, 2.24) is 4.84 Å². The highest BCUT2D eigenvalue weighted by Gasteiger charge is 2.25. The third-order valence-corrected chi connectivity index (χ3v) is 2.70. The molecule has 1 N–H and O–H groups in total. The third-order valence-electron chi connectivity index (χ3n) is 2.43. The molecular weight excluding hydrogens is 186 g/mol. The highest BCUT2D eigenvalue weighted by atomic mass is 35.5. The van der Waals surface area contributed by atoms with Gasteiger partial charge in [0.2, 0.25) is 0 Å². The molecule has 1 aromatic carbocycles. The molecule has 3 heteroatoms. The van der Waals surface area contributed by atoms with Crippen molar-refractivity contribution >= 4 is 17.6 Å². The van der Waals surface area contributed by atoms with Crippen LogP contribution in [0.3, 0.4) is 0 Å². The molecule has 0 saturated carbocycles. The van der Waals surface area contributed by atoms with Gasteiger partial charge in [-0.1, -0.05) is 24.3 Å². The molecular formula is C10H10ClNO. The van der Waals surface area contributed by atoms with Crippen molar-refractivity contribution in [3.05, 3.63) is 35.4 Å². The van der Waals surface area contributed by atoms with Gasteiger partial charge in [0.15, 0.2) is 5.78 Å². The fraction of sp³-hybridized carbons (Fsp3) is 0.300. The first kappa shape index (κ1) is 8.73. The van der Waals surface area contributed by atoms with Gasteiger partial charge in [-0.25, -0.2) is 4.84 Å². The zero-order chi connectivity index (χ0) is 9.26. The van der Waals surface area contributed by atoms with Gasteiger partial charge in [0.05, 0.1) is 6.04 Å². The van der Waals surface area contributed by atoms with E-state index < -0.39 is 0 Å². The first-order valence-electron chi connectivity index (χ1n) is 4.31. The summed E-state index contributed by atoms with van der Waals surface area (Å²) in [5.74, 6) is 0.108. The Bertz CT molecular complexity index is 337. The molecule has 68 valence electrons. The molecule has 1 unspecified atom stereocenters. The Labute approximate surface area is 82.0 Å². The summed E-state index contributed by atoms with van der Waals surface area (Å²) in [6, 6.07) is 7.49. The molecule has 0 amide bonds. The van der Waals surface area contributed by atoms with E-state index in [2.05, 4.69) is 4.84 Å². The second-order valence-corrected chi connectivity index (χ2v) is 3.44. The topological polar surface area (TPSA) is 29.1 Å². The molecule has 2 nitrogen and oxygen atoms in total. The Balaban J connectivity index is 2.39. The molecule has 1 atom stereocenters. The van der Waals surface area contributed by atoms with Crippen LogP contribution in [0.15, 0.2) is 24.3 Å². The number of fused-ring (bicyclic) bond motifs is 1. The maximum Gasteiger partial charge on any atom is 0.181 e. The van der Waals surface area contributed by atoms with Crippen molar-refractivity contribution in [1.29, 1.82) is 0 Å². The van der Waals surface area contributed by atoms with Crippen LogP contribution in [0.25, 0.3) is 0 Å². The molecule has 0 saturated heterocycles. The fourth-order valence-corrected chi connectivity index (χ4v) is 1.91. The summed E-state index contributed by atoms with van der Waals surface area (Å²) in [4.78, 5) is 14.2. The van der Waals surface area contributed by atoms with Crippen LogP contribution in [0, 0.1) is 0 Å². The maximum atomic E-state index is 11.7. The van der Waals surface area contributed by atoms with E-state index in [0.717, 1.165) is 24.0 Å². The summed E-state index contributed by atoms with van der Waals surface area (Å²) >= 11 is 5.47. The lowest BCUT2D eigenvalue weighted by atomic mass is 9.88. The number of carbonyl (C=O) groups is 1. The van der Waals surface area contributed by atoms with Crippen molar-refractivity contribution < 1.29 is 4.79 Å². The number of nitrogens with one attached hydrogen (secondary N) is 1. The fourth-order valence-electron chi connectivity index (χ4n) is 1.70. The molecule has 1 aliphatic rings. The van der Waals surface area contributed by atoms with E-state index in [-0.39, 0.29) is 11.8 Å². The Morgan fingerprint density at radius 3 is 2.92 bits per heavy atom. The smallest absolute Gasteiger partial charge is 0.181 e. The first-order chi connectivity index (χ1) is 6.33. The summed E-state index contributed by atoms with van der Waals surface area (Å²) in [5, 5.41) is 0. The second-order valence-electron chi connectivity index (χ2n) is 3.22. The average molecular weight is 196 g/mol. The lowest BCUT2D eigenvalue weighted by Gasteiger charge is -2.21. The van der Waals surface area contributed by atoms with Crippen LogP contribution in [0.5, 0.6) is 0 Å². The number of rotatable bonds is 1. The van der Waals surface area contributed by atoms with E-state index in [4.69, 9.17) is 11.8 Å². The second kappa shape index (κ2) is 3.48. The van der Waals surface area contributed by atoms with E-state index >= 15 is 0 Å². The standard InChI is InChI=1S/C10H10ClNO/c11-12-9-6-5-7-3-1-2-4-8(7)10(9)13/h1-4,9,12H,5-6H2. The van der Waals surface area contributed by atoms with Crippen LogP contribution < -0.4 is 4.84 Å². The van der Waals surface area contributed by atoms with E-state index in [1.807, 2.05) is 24.3 Å². The van der Waals surface area contributed by atoms with Gasteiger partial charge < -0.3 is 0 Å². The van der Waals surface area contributed by atoms with Gasteiger partial charge in [-0.15, -0.1) is 0 Å². The number of aryl methyl sites for hydroxylation is 1. The number of halogens is 1. The van der Waals surface area contributed by atoms with Gasteiger partial charge in [-0.05, 0) is 30.2 Å². The van der Waals surface area contributed by atoms with Crippen LogP contribution in [0.1, 0.15) is 22.3 Å². The van der Waals surface area contributed by atoms with Crippen LogP contribution in [-0.2, 0) is 6.42 Å². The third kappa shape index (κ3) is 1.47. The highest BCUT2D eigenvalue weighted by Crippen LogP contribution is 2.21. The molecule has 0 spiro atoms.